The lowest BCUT2D eigenvalue weighted by atomic mass is 10.1. The molecule has 0 unspecified atom stereocenters. The van der Waals surface area contributed by atoms with Crippen LogP contribution in [0, 0.1) is 6.92 Å². The normalized spacial score (nSPS) is 10.3. The Kier molecular flexibility index (Phi) is 5.19. The maximum absolute atomic E-state index is 5.33. The van der Waals surface area contributed by atoms with Gasteiger partial charge in [-0.1, -0.05) is 24.6 Å². The van der Waals surface area contributed by atoms with Crippen molar-refractivity contribution in [2.24, 2.45) is 0 Å². The Hall–Kier alpha value is -1.02. The molecule has 0 radical (unpaired) electrons. The summed E-state index contributed by atoms with van der Waals surface area (Å²) in [6.07, 6.45) is 2.22. The molecule has 0 spiro atoms. The molecule has 0 fully saturated rings. The molecule has 2 nitrogen and oxygen atoms in total. The molecular weight excluding hydrogens is 186 g/mol. The third-order valence-electron chi connectivity index (χ3n) is 2.43. The fourth-order valence-corrected chi connectivity index (χ4v) is 1.63. The molecule has 0 aliphatic rings. The molecule has 1 aromatic rings. The second-order valence-corrected chi connectivity index (χ2v) is 3.82. The molecule has 0 atom stereocenters. The Bertz CT molecular complexity index is 297. The fraction of sp³-hybridized carbons (Fsp3) is 0.538. The summed E-state index contributed by atoms with van der Waals surface area (Å²) in [4.78, 5) is 0. The largest absolute Gasteiger partial charge is 0.496 e. The highest BCUT2D eigenvalue weighted by Crippen LogP contribution is 2.19. The van der Waals surface area contributed by atoms with Gasteiger partial charge in [-0.25, -0.2) is 0 Å². The van der Waals surface area contributed by atoms with E-state index in [0.717, 1.165) is 25.3 Å². The van der Waals surface area contributed by atoms with Crippen LogP contribution in [0.4, 0.5) is 0 Å². The van der Waals surface area contributed by atoms with Crippen LogP contribution in [0.15, 0.2) is 18.2 Å². The molecular formula is C13H21NO. The molecule has 0 aliphatic heterocycles. The van der Waals surface area contributed by atoms with E-state index in [1.807, 2.05) is 6.07 Å². The van der Waals surface area contributed by atoms with Crippen molar-refractivity contribution >= 4 is 0 Å². The first kappa shape index (κ1) is 12.1. The van der Waals surface area contributed by atoms with Gasteiger partial charge in [-0.15, -0.1) is 0 Å². The van der Waals surface area contributed by atoms with Crippen LogP contribution in [0.25, 0.3) is 0 Å². The number of hydrogen-bond acceptors (Lipinski definition) is 2. The SMILES string of the molecule is CCCNCCc1cc(C)ccc1OC. The van der Waals surface area contributed by atoms with E-state index >= 15 is 0 Å². The first-order valence-corrected chi connectivity index (χ1v) is 5.62. The monoisotopic (exact) mass is 207 g/mol. The third-order valence-corrected chi connectivity index (χ3v) is 2.43. The molecule has 0 aliphatic carbocycles. The summed E-state index contributed by atoms with van der Waals surface area (Å²) < 4.78 is 5.33. The Labute approximate surface area is 92.6 Å². The van der Waals surface area contributed by atoms with Gasteiger partial charge in [-0.05, 0) is 44.5 Å². The summed E-state index contributed by atoms with van der Waals surface area (Å²) in [7, 11) is 1.73. The van der Waals surface area contributed by atoms with Gasteiger partial charge in [0.2, 0.25) is 0 Å². The average molecular weight is 207 g/mol. The van der Waals surface area contributed by atoms with E-state index in [4.69, 9.17) is 4.74 Å². The zero-order valence-corrected chi connectivity index (χ0v) is 9.97. The second-order valence-electron chi connectivity index (χ2n) is 3.82. The predicted octanol–water partition coefficient (Wildman–Crippen LogP) is 2.55. The van der Waals surface area contributed by atoms with Gasteiger partial charge in [0.1, 0.15) is 5.75 Å². The maximum Gasteiger partial charge on any atom is 0.122 e. The van der Waals surface area contributed by atoms with Crippen LogP contribution in [0.2, 0.25) is 0 Å². The molecule has 0 saturated carbocycles. The third kappa shape index (κ3) is 3.92. The van der Waals surface area contributed by atoms with Crippen LogP contribution in [0.1, 0.15) is 24.5 Å². The van der Waals surface area contributed by atoms with Crippen molar-refractivity contribution in [1.29, 1.82) is 0 Å². The van der Waals surface area contributed by atoms with Crippen LogP contribution in [-0.2, 0) is 6.42 Å². The van der Waals surface area contributed by atoms with E-state index in [9.17, 15) is 0 Å². The van der Waals surface area contributed by atoms with Crippen molar-refractivity contribution in [2.45, 2.75) is 26.7 Å². The molecule has 2 heteroatoms. The number of aryl methyl sites for hydroxylation is 1. The predicted molar refractivity (Wildman–Crippen MR) is 64.6 cm³/mol. The Morgan fingerprint density at radius 2 is 2.07 bits per heavy atom. The zero-order valence-electron chi connectivity index (χ0n) is 9.97. The lowest BCUT2D eigenvalue weighted by molar-refractivity contribution is 0.409. The van der Waals surface area contributed by atoms with Gasteiger partial charge in [0, 0.05) is 0 Å². The summed E-state index contributed by atoms with van der Waals surface area (Å²) >= 11 is 0. The van der Waals surface area contributed by atoms with E-state index < -0.39 is 0 Å². The van der Waals surface area contributed by atoms with Gasteiger partial charge in [0.15, 0.2) is 0 Å². The lowest BCUT2D eigenvalue weighted by Gasteiger charge is -2.09. The summed E-state index contributed by atoms with van der Waals surface area (Å²) in [6, 6.07) is 6.33. The topological polar surface area (TPSA) is 21.3 Å². The molecule has 0 saturated heterocycles. The van der Waals surface area contributed by atoms with Crippen LogP contribution in [0.5, 0.6) is 5.75 Å². The van der Waals surface area contributed by atoms with Gasteiger partial charge in [0.05, 0.1) is 7.11 Å². The summed E-state index contributed by atoms with van der Waals surface area (Å²) in [5, 5.41) is 3.40. The van der Waals surface area contributed by atoms with Gasteiger partial charge < -0.3 is 10.1 Å². The second kappa shape index (κ2) is 6.46. The fourth-order valence-electron chi connectivity index (χ4n) is 1.63. The van der Waals surface area contributed by atoms with Crippen LogP contribution in [-0.4, -0.2) is 20.2 Å². The molecule has 0 amide bonds. The van der Waals surface area contributed by atoms with Gasteiger partial charge in [0.25, 0.3) is 0 Å². The molecule has 1 aromatic carbocycles. The minimum Gasteiger partial charge on any atom is -0.496 e. The van der Waals surface area contributed by atoms with Crippen LogP contribution >= 0.6 is 0 Å². The number of methoxy groups -OCH3 is 1. The number of rotatable bonds is 6. The van der Waals surface area contributed by atoms with Gasteiger partial charge in [-0.2, -0.15) is 0 Å². The Morgan fingerprint density at radius 3 is 2.73 bits per heavy atom. The van der Waals surface area contributed by atoms with Gasteiger partial charge in [-0.3, -0.25) is 0 Å². The zero-order chi connectivity index (χ0) is 11.1. The highest BCUT2D eigenvalue weighted by atomic mass is 16.5. The number of ether oxygens (including phenoxy) is 1. The van der Waals surface area contributed by atoms with Crippen molar-refractivity contribution in [3.8, 4) is 5.75 Å². The number of nitrogens with one attached hydrogen (secondary N) is 1. The van der Waals surface area contributed by atoms with E-state index in [-0.39, 0.29) is 0 Å². The summed E-state index contributed by atoms with van der Waals surface area (Å²) in [5.41, 5.74) is 2.59. The molecule has 0 bridgehead atoms. The van der Waals surface area contributed by atoms with Crippen molar-refractivity contribution in [2.75, 3.05) is 20.2 Å². The number of benzene rings is 1. The Balaban J connectivity index is 2.54. The van der Waals surface area contributed by atoms with Crippen molar-refractivity contribution < 1.29 is 4.74 Å². The van der Waals surface area contributed by atoms with Crippen molar-refractivity contribution in [3.05, 3.63) is 29.3 Å². The highest BCUT2D eigenvalue weighted by Gasteiger charge is 2.02. The number of hydrogen-bond donors (Lipinski definition) is 1. The van der Waals surface area contributed by atoms with E-state index in [1.54, 1.807) is 7.11 Å². The first-order chi connectivity index (χ1) is 7.27. The average Bonchev–Trinajstić information content (AvgIpc) is 2.25. The van der Waals surface area contributed by atoms with Crippen molar-refractivity contribution in [3.63, 3.8) is 0 Å². The van der Waals surface area contributed by atoms with Crippen LogP contribution in [0.3, 0.4) is 0 Å². The minimum absolute atomic E-state index is 0.999. The van der Waals surface area contributed by atoms with Crippen LogP contribution < -0.4 is 10.1 Å². The summed E-state index contributed by atoms with van der Waals surface area (Å²) in [6.45, 7) is 6.41. The van der Waals surface area contributed by atoms with E-state index in [2.05, 4.69) is 31.3 Å². The quantitative estimate of drug-likeness (QED) is 0.724. The maximum atomic E-state index is 5.33. The van der Waals surface area contributed by atoms with Crippen molar-refractivity contribution in [1.82, 2.24) is 5.32 Å². The standard InChI is InChI=1S/C13H21NO/c1-4-8-14-9-7-12-10-11(2)5-6-13(12)15-3/h5-6,10,14H,4,7-9H2,1-3H3. The van der Waals surface area contributed by atoms with Gasteiger partial charge >= 0.3 is 0 Å². The molecule has 84 valence electrons. The lowest BCUT2D eigenvalue weighted by Crippen LogP contribution is -2.18. The smallest absolute Gasteiger partial charge is 0.122 e. The molecule has 1 N–H and O–H groups in total. The minimum atomic E-state index is 0.999. The molecule has 0 heterocycles. The first-order valence-electron chi connectivity index (χ1n) is 5.62. The molecule has 15 heavy (non-hydrogen) atoms. The highest BCUT2D eigenvalue weighted by molar-refractivity contribution is 5.37. The van der Waals surface area contributed by atoms with E-state index in [0.29, 0.717) is 0 Å². The van der Waals surface area contributed by atoms with E-state index in [1.165, 1.54) is 17.5 Å². The molecule has 1 rings (SSSR count). The molecule has 0 aromatic heterocycles. The summed E-state index contributed by atoms with van der Waals surface area (Å²) in [5.74, 6) is 0.999. The Morgan fingerprint density at radius 1 is 1.27 bits per heavy atom.